The number of aliphatic hydroxyl groups excluding tert-OH is 1. The third-order valence-corrected chi connectivity index (χ3v) is 5.54. The second-order valence-electron chi connectivity index (χ2n) is 6.90. The molecule has 0 amide bonds. The number of hydrogen-bond donors (Lipinski definition) is 2. The van der Waals surface area contributed by atoms with Crippen LogP contribution in [0.1, 0.15) is 43.4 Å². The van der Waals surface area contributed by atoms with Crippen molar-refractivity contribution in [2.24, 2.45) is 5.41 Å². The van der Waals surface area contributed by atoms with Gasteiger partial charge in [-0.1, -0.05) is 20.8 Å². The van der Waals surface area contributed by atoms with Crippen molar-refractivity contribution in [3.05, 3.63) is 21.9 Å². The lowest BCUT2D eigenvalue weighted by atomic mass is 9.84. The highest BCUT2D eigenvalue weighted by molar-refractivity contribution is 7.12. The van der Waals surface area contributed by atoms with Crippen LogP contribution in [-0.2, 0) is 16.7 Å². The van der Waals surface area contributed by atoms with E-state index in [1.807, 2.05) is 11.3 Å². The third-order valence-electron chi connectivity index (χ3n) is 4.03. The van der Waals surface area contributed by atoms with E-state index in [4.69, 9.17) is 4.74 Å². The summed E-state index contributed by atoms with van der Waals surface area (Å²) in [5.41, 5.74) is 0.374. The van der Waals surface area contributed by atoms with E-state index >= 15 is 0 Å². The molecule has 0 radical (unpaired) electrons. The second-order valence-corrected chi connectivity index (χ2v) is 8.06. The molecule has 4 heteroatoms. The molecule has 1 aromatic heterocycles. The zero-order chi connectivity index (χ0) is 14.6. The highest BCUT2D eigenvalue weighted by Crippen LogP contribution is 2.32. The minimum Gasteiger partial charge on any atom is -0.396 e. The first-order valence-corrected chi connectivity index (χ1v) is 8.25. The molecule has 1 fully saturated rings. The van der Waals surface area contributed by atoms with E-state index in [0.717, 1.165) is 39.1 Å². The molecule has 20 heavy (non-hydrogen) atoms. The Balaban J connectivity index is 1.84. The van der Waals surface area contributed by atoms with E-state index in [1.165, 1.54) is 9.75 Å². The van der Waals surface area contributed by atoms with Crippen LogP contribution in [0.25, 0.3) is 0 Å². The van der Waals surface area contributed by atoms with Crippen molar-refractivity contribution in [1.82, 2.24) is 5.32 Å². The predicted molar refractivity (Wildman–Crippen MR) is 84.3 cm³/mol. The SMILES string of the molecule is CC(C)(C)c1ccc(CNCC2(CCO)CCOC2)s1. The van der Waals surface area contributed by atoms with Crippen molar-refractivity contribution in [1.29, 1.82) is 0 Å². The fourth-order valence-corrected chi connectivity index (χ4v) is 3.67. The monoisotopic (exact) mass is 297 g/mol. The normalized spacial score (nSPS) is 23.4. The van der Waals surface area contributed by atoms with Crippen LogP contribution in [0.4, 0.5) is 0 Å². The van der Waals surface area contributed by atoms with Crippen molar-refractivity contribution >= 4 is 11.3 Å². The molecule has 1 unspecified atom stereocenters. The summed E-state index contributed by atoms with van der Waals surface area (Å²) in [4.78, 5) is 2.82. The van der Waals surface area contributed by atoms with Crippen LogP contribution in [0.15, 0.2) is 12.1 Å². The van der Waals surface area contributed by atoms with Crippen LogP contribution in [0.2, 0.25) is 0 Å². The van der Waals surface area contributed by atoms with Crippen LogP contribution in [-0.4, -0.2) is 31.5 Å². The summed E-state index contributed by atoms with van der Waals surface area (Å²) in [5.74, 6) is 0. The number of thiophene rings is 1. The number of nitrogens with one attached hydrogen (secondary N) is 1. The molecule has 2 N–H and O–H groups in total. The van der Waals surface area contributed by atoms with Gasteiger partial charge in [0.1, 0.15) is 0 Å². The fraction of sp³-hybridized carbons (Fsp3) is 0.750. The topological polar surface area (TPSA) is 41.5 Å². The van der Waals surface area contributed by atoms with Crippen molar-refractivity contribution in [3.8, 4) is 0 Å². The van der Waals surface area contributed by atoms with Gasteiger partial charge in [0, 0.05) is 41.5 Å². The smallest absolute Gasteiger partial charge is 0.0536 e. The van der Waals surface area contributed by atoms with Gasteiger partial charge in [0.15, 0.2) is 0 Å². The zero-order valence-corrected chi connectivity index (χ0v) is 13.7. The molecule has 0 aromatic carbocycles. The number of rotatable bonds is 6. The molecule has 0 bridgehead atoms. The van der Waals surface area contributed by atoms with Gasteiger partial charge in [0.2, 0.25) is 0 Å². The third kappa shape index (κ3) is 4.04. The van der Waals surface area contributed by atoms with Crippen LogP contribution >= 0.6 is 11.3 Å². The molecule has 0 spiro atoms. The number of aliphatic hydroxyl groups is 1. The molecule has 2 rings (SSSR count). The van der Waals surface area contributed by atoms with E-state index in [9.17, 15) is 5.11 Å². The Morgan fingerprint density at radius 3 is 2.75 bits per heavy atom. The van der Waals surface area contributed by atoms with Gasteiger partial charge in [-0.3, -0.25) is 0 Å². The van der Waals surface area contributed by atoms with Gasteiger partial charge in [-0.15, -0.1) is 11.3 Å². The van der Waals surface area contributed by atoms with Crippen LogP contribution in [0, 0.1) is 5.41 Å². The highest BCUT2D eigenvalue weighted by atomic mass is 32.1. The van der Waals surface area contributed by atoms with Gasteiger partial charge in [-0.2, -0.15) is 0 Å². The summed E-state index contributed by atoms with van der Waals surface area (Å²) in [6.45, 7) is 10.4. The minimum absolute atomic E-state index is 0.138. The van der Waals surface area contributed by atoms with E-state index in [-0.39, 0.29) is 17.4 Å². The lowest BCUT2D eigenvalue weighted by molar-refractivity contribution is 0.124. The Bertz CT molecular complexity index is 416. The minimum atomic E-state index is 0.138. The first-order chi connectivity index (χ1) is 9.45. The van der Waals surface area contributed by atoms with E-state index in [2.05, 4.69) is 38.2 Å². The first-order valence-electron chi connectivity index (χ1n) is 7.44. The predicted octanol–water partition coefficient (Wildman–Crippen LogP) is 2.92. The molecule has 3 nitrogen and oxygen atoms in total. The molecule has 1 aliphatic rings. The molecule has 0 aliphatic carbocycles. The van der Waals surface area contributed by atoms with Gasteiger partial charge in [0.05, 0.1) is 6.61 Å². The van der Waals surface area contributed by atoms with Crippen LogP contribution in [0.5, 0.6) is 0 Å². The number of hydrogen-bond acceptors (Lipinski definition) is 4. The van der Waals surface area contributed by atoms with Crippen LogP contribution < -0.4 is 5.32 Å². The van der Waals surface area contributed by atoms with Gasteiger partial charge in [-0.05, 0) is 30.4 Å². The molecular weight excluding hydrogens is 270 g/mol. The van der Waals surface area contributed by atoms with Crippen LogP contribution in [0.3, 0.4) is 0 Å². The van der Waals surface area contributed by atoms with Crippen molar-refractivity contribution in [2.75, 3.05) is 26.4 Å². The molecule has 1 saturated heterocycles. The molecule has 114 valence electrons. The van der Waals surface area contributed by atoms with Gasteiger partial charge >= 0.3 is 0 Å². The number of ether oxygens (including phenoxy) is 1. The fourth-order valence-electron chi connectivity index (χ4n) is 2.64. The van der Waals surface area contributed by atoms with Crippen molar-refractivity contribution < 1.29 is 9.84 Å². The second kappa shape index (κ2) is 6.56. The molecular formula is C16H27NO2S. The summed E-state index contributed by atoms with van der Waals surface area (Å²) in [6, 6.07) is 4.46. The summed E-state index contributed by atoms with van der Waals surface area (Å²) in [5, 5.41) is 12.8. The standard InChI is InChI=1S/C16H27NO2S/c1-15(2,3)14-5-4-13(20-14)10-17-11-16(6-8-18)7-9-19-12-16/h4-5,17-18H,6-12H2,1-3H3. The maximum Gasteiger partial charge on any atom is 0.0536 e. The summed E-state index contributed by atoms with van der Waals surface area (Å²) >= 11 is 1.89. The molecule has 1 aromatic rings. The van der Waals surface area contributed by atoms with Crippen molar-refractivity contribution in [3.63, 3.8) is 0 Å². The Hall–Kier alpha value is -0.420. The largest absolute Gasteiger partial charge is 0.396 e. The average Bonchev–Trinajstić information content (AvgIpc) is 2.99. The summed E-state index contributed by atoms with van der Waals surface area (Å²) in [7, 11) is 0. The molecule has 1 atom stereocenters. The molecule has 2 heterocycles. The van der Waals surface area contributed by atoms with E-state index < -0.39 is 0 Å². The zero-order valence-electron chi connectivity index (χ0n) is 12.9. The van der Waals surface area contributed by atoms with E-state index in [0.29, 0.717) is 0 Å². The summed E-state index contributed by atoms with van der Waals surface area (Å²) < 4.78 is 5.52. The van der Waals surface area contributed by atoms with Gasteiger partial charge in [-0.25, -0.2) is 0 Å². The maximum absolute atomic E-state index is 9.22. The van der Waals surface area contributed by atoms with E-state index in [1.54, 1.807) is 0 Å². The average molecular weight is 297 g/mol. The Morgan fingerprint density at radius 1 is 1.40 bits per heavy atom. The van der Waals surface area contributed by atoms with Gasteiger partial charge in [0.25, 0.3) is 0 Å². The molecule has 1 aliphatic heterocycles. The quantitative estimate of drug-likeness (QED) is 0.848. The van der Waals surface area contributed by atoms with Gasteiger partial charge < -0.3 is 15.2 Å². The highest BCUT2D eigenvalue weighted by Gasteiger charge is 2.33. The Morgan fingerprint density at radius 2 is 2.20 bits per heavy atom. The lowest BCUT2D eigenvalue weighted by Gasteiger charge is -2.26. The first kappa shape index (κ1) is 16.0. The molecule has 0 saturated carbocycles. The van der Waals surface area contributed by atoms with Crippen molar-refractivity contribution in [2.45, 2.75) is 45.6 Å². The Kier molecular flexibility index (Phi) is 5.24. The summed E-state index contributed by atoms with van der Waals surface area (Å²) in [6.07, 6.45) is 1.88. The lowest BCUT2D eigenvalue weighted by Crippen LogP contribution is -2.35. The Labute approximate surface area is 126 Å². The maximum atomic E-state index is 9.22.